The van der Waals surface area contributed by atoms with E-state index >= 15 is 0 Å². The summed E-state index contributed by atoms with van der Waals surface area (Å²) in [6.07, 6.45) is 0. The summed E-state index contributed by atoms with van der Waals surface area (Å²) in [6.45, 7) is 1.66. The summed E-state index contributed by atoms with van der Waals surface area (Å²) in [4.78, 5) is 0. The van der Waals surface area contributed by atoms with Crippen LogP contribution in [0.25, 0.3) is 0 Å². The van der Waals surface area contributed by atoms with Crippen molar-refractivity contribution in [3.63, 3.8) is 0 Å². The first kappa shape index (κ1) is 9.02. The van der Waals surface area contributed by atoms with Crippen LogP contribution in [-0.4, -0.2) is 0 Å². The molecule has 12 heavy (non-hydrogen) atoms. The third kappa shape index (κ3) is 1.75. The zero-order valence-electron chi connectivity index (χ0n) is 6.51. The van der Waals surface area contributed by atoms with E-state index in [1.807, 2.05) is 6.07 Å². The van der Waals surface area contributed by atoms with Gasteiger partial charge >= 0.3 is 0 Å². The van der Waals surface area contributed by atoms with Crippen molar-refractivity contribution >= 4 is 11.6 Å². The van der Waals surface area contributed by atoms with Crippen molar-refractivity contribution in [3.05, 3.63) is 35.1 Å². The van der Waals surface area contributed by atoms with E-state index in [1.54, 1.807) is 19.1 Å². The number of nitriles is 1. The molecule has 0 fully saturated rings. The van der Waals surface area contributed by atoms with Gasteiger partial charge in [-0.05, 0) is 24.1 Å². The van der Waals surface area contributed by atoms with Crippen LogP contribution in [0.1, 0.15) is 16.5 Å². The van der Waals surface area contributed by atoms with E-state index in [0.717, 1.165) is 0 Å². The van der Waals surface area contributed by atoms with Crippen molar-refractivity contribution in [1.82, 2.24) is 0 Å². The zero-order valence-corrected chi connectivity index (χ0v) is 7.27. The molecule has 0 saturated carbocycles. The molecule has 0 N–H and O–H groups in total. The first-order valence-electron chi connectivity index (χ1n) is 3.45. The Balaban J connectivity index is 3.06. The van der Waals surface area contributed by atoms with Crippen molar-refractivity contribution < 1.29 is 4.39 Å². The van der Waals surface area contributed by atoms with Gasteiger partial charge in [-0.1, -0.05) is 12.1 Å². The highest BCUT2D eigenvalue weighted by Crippen LogP contribution is 2.21. The molecule has 0 heterocycles. The van der Waals surface area contributed by atoms with Crippen molar-refractivity contribution in [2.45, 2.75) is 12.3 Å². The molecular formula is C9H7ClFN. The van der Waals surface area contributed by atoms with Gasteiger partial charge in [-0.25, -0.2) is 4.39 Å². The first-order valence-corrected chi connectivity index (χ1v) is 3.88. The van der Waals surface area contributed by atoms with Crippen LogP contribution in [-0.2, 0) is 0 Å². The van der Waals surface area contributed by atoms with Crippen molar-refractivity contribution in [3.8, 4) is 6.07 Å². The minimum absolute atomic E-state index is 0.326. The third-order valence-corrected chi connectivity index (χ3v) is 1.95. The Kier molecular flexibility index (Phi) is 2.67. The summed E-state index contributed by atoms with van der Waals surface area (Å²) in [5.74, 6) is -0.326. The lowest BCUT2D eigenvalue weighted by atomic mass is 10.1. The summed E-state index contributed by atoms with van der Waals surface area (Å²) in [5.41, 5.74) is 1.06. The first-order chi connectivity index (χ1) is 5.65. The largest absolute Gasteiger partial charge is 0.207 e. The van der Waals surface area contributed by atoms with Gasteiger partial charge in [0, 0.05) is 0 Å². The van der Waals surface area contributed by atoms with Gasteiger partial charge in [-0.15, -0.1) is 11.6 Å². The van der Waals surface area contributed by atoms with Gasteiger partial charge in [-0.3, -0.25) is 0 Å². The SMILES string of the molecule is Cc1ccc(C(Cl)C#N)cc1F. The fraction of sp³-hybridized carbons (Fsp3) is 0.222. The molecule has 3 heteroatoms. The predicted molar refractivity (Wildman–Crippen MR) is 45.3 cm³/mol. The summed E-state index contributed by atoms with van der Waals surface area (Å²) in [7, 11) is 0. The van der Waals surface area contributed by atoms with Crippen molar-refractivity contribution in [1.29, 1.82) is 5.26 Å². The number of hydrogen-bond acceptors (Lipinski definition) is 1. The normalized spacial score (nSPS) is 12.2. The molecule has 0 aliphatic carbocycles. The van der Waals surface area contributed by atoms with Crippen LogP contribution < -0.4 is 0 Å². The number of benzene rings is 1. The minimum atomic E-state index is -0.764. The highest BCUT2D eigenvalue weighted by Gasteiger charge is 2.07. The number of nitrogens with zero attached hydrogens (tertiary/aromatic N) is 1. The summed E-state index contributed by atoms with van der Waals surface area (Å²) in [6, 6.07) is 6.38. The number of rotatable bonds is 1. The number of hydrogen-bond donors (Lipinski definition) is 0. The minimum Gasteiger partial charge on any atom is -0.207 e. The topological polar surface area (TPSA) is 23.8 Å². The van der Waals surface area contributed by atoms with Gasteiger partial charge < -0.3 is 0 Å². The third-order valence-electron chi connectivity index (χ3n) is 1.60. The number of alkyl halides is 1. The molecule has 0 aliphatic heterocycles. The Bertz CT molecular complexity index is 330. The molecule has 1 atom stereocenters. The van der Waals surface area contributed by atoms with Gasteiger partial charge in [0.05, 0.1) is 6.07 Å². The van der Waals surface area contributed by atoms with Crippen LogP contribution in [0.2, 0.25) is 0 Å². The lowest BCUT2D eigenvalue weighted by Gasteiger charge is -2.01. The Morgan fingerprint density at radius 3 is 2.75 bits per heavy atom. The summed E-state index contributed by atoms with van der Waals surface area (Å²) < 4.78 is 12.9. The maximum absolute atomic E-state index is 12.9. The van der Waals surface area contributed by atoms with Gasteiger partial charge in [0.2, 0.25) is 0 Å². The number of aryl methyl sites for hydroxylation is 1. The zero-order chi connectivity index (χ0) is 9.14. The van der Waals surface area contributed by atoms with E-state index in [0.29, 0.717) is 11.1 Å². The maximum atomic E-state index is 12.9. The predicted octanol–water partition coefficient (Wildman–Crippen LogP) is 2.94. The number of halogens is 2. The molecule has 0 saturated heterocycles. The molecule has 1 unspecified atom stereocenters. The molecule has 0 aliphatic rings. The smallest absolute Gasteiger partial charge is 0.145 e. The quantitative estimate of drug-likeness (QED) is 0.615. The molecule has 1 nitrogen and oxygen atoms in total. The summed E-state index contributed by atoms with van der Waals surface area (Å²) in [5, 5.41) is 7.68. The second-order valence-electron chi connectivity index (χ2n) is 2.50. The van der Waals surface area contributed by atoms with E-state index in [9.17, 15) is 4.39 Å². The second kappa shape index (κ2) is 3.55. The van der Waals surface area contributed by atoms with E-state index in [4.69, 9.17) is 16.9 Å². The van der Waals surface area contributed by atoms with Gasteiger partial charge in [0.25, 0.3) is 0 Å². The average Bonchev–Trinajstić information content (AvgIpc) is 2.08. The Hall–Kier alpha value is -1.07. The van der Waals surface area contributed by atoms with Crippen LogP contribution in [0.4, 0.5) is 4.39 Å². The van der Waals surface area contributed by atoms with Crippen molar-refractivity contribution in [2.75, 3.05) is 0 Å². The standard InChI is InChI=1S/C9H7ClFN/c1-6-2-3-7(4-9(6)11)8(10)5-12/h2-4,8H,1H3. The van der Waals surface area contributed by atoms with Crippen LogP contribution in [0.3, 0.4) is 0 Å². The molecule has 0 radical (unpaired) electrons. The molecule has 1 rings (SSSR count). The maximum Gasteiger partial charge on any atom is 0.145 e. The molecule has 0 spiro atoms. The van der Waals surface area contributed by atoms with Crippen LogP contribution >= 0.6 is 11.6 Å². The van der Waals surface area contributed by atoms with Crippen molar-refractivity contribution in [2.24, 2.45) is 0 Å². The molecule has 1 aromatic rings. The van der Waals surface area contributed by atoms with E-state index in [-0.39, 0.29) is 5.82 Å². The Morgan fingerprint density at radius 1 is 1.58 bits per heavy atom. The molecule has 62 valence electrons. The summed E-state index contributed by atoms with van der Waals surface area (Å²) >= 11 is 5.59. The van der Waals surface area contributed by atoms with Crippen LogP contribution in [0, 0.1) is 24.1 Å². The molecular weight excluding hydrogens is 177 g/mol. The monoisotopic (exact) mass is 183 g/mol. The van der Waals surface area contributed by atoms with E-state index in [2.05, 4.69) is 0 Å². The fourth-order valence-electron chi connectivity index (χ4n) is 0.841. The van der Waals surface area contributed by atoms with Crippen LogP contribution in [0.15, 0.2) is 18.2 Å². The molecule has 0 aromatic heterocycles. The van der Waals surface area contributed by atoms with Crippen LogP contribution in [0.5, 0.6) is 0 Å². The highest BCUT2D eigenvalue weighted by atomic mass is 35.5. The van der Waals surface area contributed by atoms with E-state index in [1.165, 1.54) is 6.07 Å². The second-order valence-corrected chi connectivity index (χ2v) is 2.94. The lowest BCUT2D eigenvalue weighted by molar-refractivity contribution is 0.616. The molecule has 0 amide bonds. The van der Waals surface area contributed by atoms with Gasteiger partial charge in [0.1, 0.15) is 11.2 Å². The Labute approximate surface area is 75.4 Å². The molecule has 1 aromatic carbocycles. The lowest BCUT2D eigenvalue weighted by Crippen LogP contribution is -1.89. The Morgan fingerprint density at radius 2 is 2.25 bits per heavy atom. The average molecular weight is 184 g/mol. The highest BCUT2D eigenvalue weighted by molar-refractivity contribution is 6.22. The van der Waals surface area contributed by atoms with Gasteiger partial charge in [0.15, 0.2) is 0 Å². The fourth-order valence-corrected chi connectivity index (χ4v) is 0.977. The van der Waals surface area contributed by atoms with Gasteiger partial charge in [-0.2, -0.15) is 5.26 Å². The van der Waals surface area contributed by atoms with E-state index < -0.39 is 5.38 Å². The molecule has 0 bridgehead atoms.